The number of rotatable bonds is 6. The van der Waals surface area contributed by atoms with Crippen LogP contribution < -0.4 is 14.2 Å². The van der Waals surface area contributed by atoms with E-state index in [1.807, 2.05) is 55.5 Å². The Morgan fingerprint density at radius 3 is 2.75 bits per heavy atom. The minimum atomic E-state index is -1.35. The van der Waals surface area contributed by atoms with Crippen molar-refractivity contribution in [1.29, 1.82) is 0 Å². The van der Waals surface area contributed by atoms with E-state index >= 15 is 0 Å². The number of hydrogen-bond acceptors (Lipinski definition) is 6. The third kappa shape index (κ3) is 4.89. The molecule has 1 radical (unpaired) electrons. The first-order chi connectivity index (χ1) is 15.2. The molecule has 1 aliphatic heterocycles. The molecule has 2 aromatic carbocycles. The zero-order valence-electron chi connectivity index (χ0n) is 17.9. The number of aromatic nitrogens is 3. The average Bonchev–Trinajstić information content (AvgIpc) is 3.24. The molecular weight excluding hydrogens is 437 g/mol. The van der Waals surface area contributed by atoms with Crippen LogP contribution in [-0.2, 0) is 16.9 Å². The molecule has 2 unspecified atom stereocenters. The molecule has 4 aromatic rings. The maximum Gasteiger partial charge on any atom is 0.322 e. The number of benzene rings is 2. The van der Waals surface area contributed by atoms with E-state index in [2.05, 4.69) is 15.0 Å². The Labute approximate surface area is 211 Å². The fourth-order valence-corrected chi connectivity index (χ4v) is 4.52. The second-order valence-electron chi connectivity index (χ2n) is 7.24. The summed E-state index contributed by atoms with van der Waals surface area (Å²) in [4.78, 5) is 12.0. The van der Waals surface area contributed by atoms with E-state index in [-0.39, 0.29) is 41.4 Å². The average molecular weight is 458 g/mol. The first-order valence-corrected chi connectivity index (χ1v) is 11.3. The van der Waals surface area contributed by atoms with Gasteiger partial charge in [0.15, 0.2) is 23.4 Å². The van der Waals surface area contributed by atoms with Gasteiger partial charge in [-0.15, -0.1) is 0 Å². The molecule has 5 rings (SSSR count). The Hall–Kier alpha value is -2.23. The topological polar surface area (TPSA) is 92.3 Å². The van der Waals surface area contributed by atoms with Gasteiger partial charge in [-0.05, 0) is 37.3 Å². The summed E-state index contributed by atoms with van der Waals surface area (Å²) in [7, 11) is 0. The first kappa shape index (κ1) is 22.9. The van der Waals surface area contributed by atoms with Gasteiger partial charge in [-0.1, -0.05) is 24.3 Å². The van der Waals surface area contributed by atoms with Gasteiger partial charge in [-0.3, -0.25) is 9.97 Å². The third-order valence-corrected chi connectivity index (χ3v) is 6.26. The van der Waals surface area contributed by atoms with Crippen molar-refractivity contribution in [2.75, 3.05) is 13.2 Å². The van der Waals surface area contributed by atoms with Crippen molar-refractivity contribution in [3.8, 4) is 17.2 Å². The van der Waals surface area contributed by atoms with Crippen molar-refractivity contribution in [2.45, 2.75) is 23.9 Å². The van der Waals surface area contributed by atoms with Gasteiger partial charge in [0.25, 0.3) is 0 Å². The number of H-pyrrole nitrogens is 1. The fourth-order valence-electron chi connectivity index (χ4n) is 3.42. The minimum absolute atomic E-state index is 0. The van der Waals surface area contributed by atoms with Gasteiger partial charge in [-0.25, -0.2) is 0 Å². The number of imidazole rings is 1. The molecule has 0 saturated carbocycles. The molecule has 0 bridgehead atoms. The van der Waals surface area contributed by atoms with Crippen LogP contribution in [0.5, 0.6) is 17.2 Å². The number of hydrogen-bond donors (Lipinski definition) is 1. The van der Waals surface area contributed by atoms with Crippen molar-refractivity contribution in [3.63, 3.8) is 0 Å². The van der Waals surface area contributed by atoms with Crippen LogP contribution in [0.3, 0.4) is 0 Å². The number of nitrogens with one attached hydrogen (secondary N) is 1. The molecule has 159 valence electrons. The van der Waals surface area contributed by atoms with Gasteiger partial charge in [-0.2, -0.15) is 4.98 Å². The number of nitrogens with zero attached hydrogens (tertiary/aromatic N) is 2. The van der Waals surface area contributed by atoms with Gasteiger partial charge in [0, 0.05) is 52.5 Å². The van der Waals surface area contributed by atoms with Crippen LogP contribution in [0.15, 0.2) is 66.0 Å². The maximum absolute atomic E-state index is 12.9. The van der Waals surface area contributed by atoms with E-state index in [0.717, 1.165) is 28.1 Å². The van der Waals surface area contributed by atoms with Gasteiger partial charge < -0.3 is 18.8 Å². The standard InChI is InChI=1S/C23H21N3O4S.Na/c1-15-19(14-31(27)23-25-17-6-2-3-7-18(17)26-23)24-11-10-20(15)28-12-16-13-29-21-8-4-5-9-22(21)30-16;/h2-11,16H,12-14H2,1H3,(H,25,26);. The quantitative estimate of drug-likeness (QED) is 0.352. The molecule has 1 N–H and O–H groups in total. The van der Waals surface area contributed by atoms with Gasteiger partial charge in [0.1, 0.15) is 19.0 Å². The van der Waals surface area contributed by atoms with Crippen LogP contribution in [0.25, 0.3) is 11.0 Å². The normalized spacial score (nSPS) is 15.8. The molecular formula is C23H21N3NaO4S. The first-order valence-electron chi connectivity index (χ1n) is 9.96. The number of fused-ring (bicyclic) bond motifs is 2. The number of aromatic amines is 1. The number of ether oxygens (including phenoxy) is 3. The minimum Gasteiger partial charge on any atom is -0.609 e. The molecule has 9 heteroatoms. The fraction of sp³-hybridized carbons (Fsp3) is 0.217. The van der Waals surface area contributed by atoms with Crippen LogP contribution in [0, 0.1) is 6.92 Å². The van der Waals surface area contributed by atoms with Crippen molar-refractivity contribution >= 4 is 51.8 Å². The van der Waals surface area contributed by atoms with Crippen molar-refractivity contribution in [1.82, 2.24) is 15.0 Å². The molecule has 0 aliphatic carbocycles. The zero-order valence-corrected chi connectivity index (χ0v) is 20.7. The second-order valence-corrected chi connectivity index (χ2v) is 8.60. The Bertz CT molecular complexity index is 1190. The third-order valence-electron chi connectivity index (χ3n) is 5.10. The molecule has 0 fully saturated rings. The van der Waals surface area contributed by atoms with E-state index in [4.69, 9.17) is 14.2 Å². The van der Waals surface area contributed by atoms with E-state index in [1.54, 1.807) is 12.3 Å². The molecule has 0 saturated heterocycles. The summed E-state index contributed by atoms with van der Waals surface area (Å²) in [5.41, 5.74) is 3.22. The summed E-state index contributed by atoms with van der Waals surface area (Å²) >= 11 is -1.35. The van der Waals surface area contributed by atoms with Gasteiger partial charge in [0.2, 0.25) is 0 Å². The van der Waals surface area contributed by atoms with E-state index in [1.165, 1.54) is 0 Å². The predicted octanol–water partition coefficient (Wildman–Crippen LogP) is 3.41. The monoisotopic (exact) mass is 458 g/mol. The van der Waals surface area contributed by atoms with Crippen LogP contribution in [0.4, 0.5) is 0 Å². The Balaban J connectivity index is 0.00000245. The number of pyridine rings is 1. The van der Waals surface area contributed by atoms with Crippen molar-refractivity contribution < 1.29 is 18.8 Å². The molecule has 3 heterocycles. The van der Waals surface area contributed by atoms with Crippen LogP contribution in [-0.4, -0.2) is 68.4 Å². The maximum atomic E-state index is 12.9. The van der Waals surface area contributed by atoms with Gasteiger partial charge >= 0.3 is 5.16 Å². The van der Waals surface area contributed by atoms with Gasteiger partial charge in [0.05, 0.1) is 16.7 Å². The Morgan fingerprint density at radius 2 is 1.91 bits per heavy atom. The van der Waals surface area contributed by atoms with E-state index in [9.17, 15) is 4.55 Å². The summed E-state index contributed by atoms with van der Waals surface area (Å²) in [5, 5.41) is 0.445. The molecule has 0 amide bonds. The molecule has 0 spiro atoms. The largest absolute Gasteiger partial charge is 0.609 e. The smallest absolute Gasteiger partial charge is 0.322 e. The predicted molar refractivity (Wildman–Crippen MR) is 123 cm³/mol. The van der Waals surface area contributed by atoms with Crippen molar-refractivity contribution in [3.05, 3.63) is 72.1 Å². The van der Waals surface area contributed by atoms with Crippen LogP contribution >= 0.6 is 0 Å². The Kier molecular flexibility index (Phi) is 7.27. The number of para-hydroxylation sites is 4. The Morgan fingerprint density at radius 1 is 1.12 bits per heavy atom. The molecule has 32 heavy (non-hydrogen) atoms. The summed E-state index contributed by atoms with van der Waals surface area (Å²) in [6.07, 6.45) is 1.46. The SMILES string of the molecule is Cc1c(OCC2COc3ccccc3O2)ccnc1C[S+]([O-])c1nc2ccccc2[nH]1.[Na]. The summed E-state index contributed by atoms with van der Waals surface area (Å²) in [6, 6.07) is 17.0. The summed E-state index contributed by atoms with van der Waals surface area (Å²) in [6.45, 7) is 2.68. The molecule has 1 aliphatic rings. The molecule has 2 atom stereocenters. The van der Waals surface area contributed by atoms with Crippen molar-refractivity contribution in [2.24, 2.45) is 0 Å². The van der Waals surface area contributed by atoms with E-state index < -0.39 is 11.2 Å². The zero-order chi connectivity index (χ0) is 21.2. The summed E-state index contributed by atoms with van der Waals surface area (Å²) < 4.78 is 30.6. The summed E-state index contributed by atoms with van der Waals surface area (Å²) in [5.74, 6) is 2.40. The molecule has 7 nitrogen and oxygen atoms in total. The van der Waals surface area contributed by atoms with E-state index in [0.29, 0.717) is 29.8 Å². The second kappa shape index (κ2) is 10.1. The molecule has 2 aromatic heterocycles. The van der Waals surface area contributed by atoms with Crippen LogP contribution in [0.1, 0.15) is 11.3 Å². The van der Waals surface area contributed by atoms with Crippen LogP contribution in [0.2, 0.25) is 0 Å².